The van der Waals surface area contributed by atoms with E-state index in [0.29, 0.717) is 30.7 Å². The Morgan fingerprint density at radius 1 is 1.22 bits per heavy atom. The van der Waals surface area contributed by atoms with Gasteiger partial charge in [-0.1, -0.05) is 0 Å². The van der Waals surface area contributed by atoms with Gasteiger partial charge in [-0.25, -0.2) is 4.98 Å². The Bertz CT molecular complexity index is 1100. The van der Waals surface area contributed by atoms with E-state index in [2.05, 4.69) is 22.0 Å². The molecule has 1 aromatic carbocycles. The van der Waals surface area contributed by atoms with Crippen LogP contribution in [0.5, 0.6) is 17.4 Å². The molecule has 8 heteroatoms. The lowest BCUT2D eigenvalue weighted by Crippen LogP contribution is -2.28. The number of ether oxygens (including phenoxy) is 4. The SMILES string of the molecule is COc1ncc(N2CCOc3ccc(OC=CC4CCN(C(=O)CCC5CCOC5)C4)cc32)cc1C. The van der Waals surface area contributed by atoms with Crippen LogP contribution in [0.3, 0.4) is 0 Å². The van der Waals surface area contributed by atoms with Crippen molar-refractivity contribution in [2.24, 2.45) is 11.8 Å². The van der Waals surface area contributed by atoms with Gasteiger partial charge in [-0.3, -0.25) is 4.79 Å². The van der Waals surface area contributed by atoms with Gasteiger partial charge >= 0.3 is 0 Å². The number of hydrogen-bond donors (Lipinski definition) is 0. The number of anilines is 2. The number of carbonyl (C=O) groups excluding carboxylic acids is 1. The van der Waals surface area contributed by atoms with E-state index in [9.17, 15) is 4.79 Å². The maximum absolute atomic E-state index is 12.6. The van der Waals surface area contributed by atoms with E-state index in [1.54, 1.807) is 13.4 Å². The summed E-state index contributed by atoms with van der Waals surface area (Å²) in [6.45, 7) is 6.53. The Balaban J connectivity index is 1.17. The molecule has 2 unspecified atom stereocenters. The van der Waals surface area contributed by atoms with E-state index in [4.69, 9.17) is 18.9 Å². The van der Waals surface area contributed by atoms with Crippen LogP contribution in [0, 0.1) is 18.8 Å². The zero-order valence-electron chi connectivity index (χ0n) is 21.2. The molecule has 0 bridgehead atoms. The number of benzene rings is 1. The lowest BCUT2D eigenvalue weighted by Gasteiger charge is -2.31. The third kappa shape index (κ3) is 5.59. The van der Waals surface area contributed by atoms with E-state index >= 15 is 0 Å². The van der Waals surface area contributed by atoms with E-state index in [1.807, 2.05) is 36.2 Å². The van der Waals surface area contributed by atoms with Gasteiger partial charge in [0.2, 0.25) is 11.8 Å². The molecule has 3 aliphatic heterocycles. The second-order valence-corrected chi connectivity index (χ2v) is 9.75. The number of hydrogen-bond acceptors (Lipinski definition) is 7. The summed E-state index contributed by atoms with van der Waals surface area (Å²) in [6.07, 6.45) is 9.25. The van der Waals surface area contributed by atoms with Crippen LogP contribution in [0.4, 0.5) is 11.4 Å². The number of fused-ring (bicyclic) bond motifs is 1. The van der Waals surface area contributed by atoms with Gasteiger partial charge in [0, 0.05) is 44.4 Å². The molecule has 2 atom stereocenters. The maximum Gasteiger partial charge on any atom is 0.222 e. The molecule has 2 aromatic rings. The molecule has 4 heterocycles. The molecule has 2 saturated heterocycles. The van der Waals surface area contributed by atoms with Gasteiger partial charge in [0.1, 0.15) is 18.1 Å². The smallest absolute Gasteiger partial charge is 0.222 e. The number of pyridine rings is 1. The minimum absolute atomic E-state index is 0.261. The fourth-order valence-corrected chi connectivity index (χ4v) is 5.14. The van der Waals surface area contributed by atoms with Crippen LogP contribution in [0.15, 0.2) is 42.8 Å². The summed E-state index contributed by atoms with van der Waals surface area (Å²) in [4.78, 5) is 21.2. The summed E-state index contributed by atoms with van der Waals surface area (Å²) in [7, 11) is 1.63. The van der Waals surface area contributed by atoms with E-state index in [1.165, 1.54) is 0 Å². The summed E-state index contributed by atoms with van der Waals surface area (Å²) in [5.41, 5.74) is 2.92. The van der Waals surface area contributed by atoms with Crippen molar-refractivity contribution in [3.05, 3.63) is 48.4 Å². The highest BCUT2D eigenvalue weighted by Crippen LogP contribution is 2.39. The molecule has 2 fully saturated rings. The van der Waals surface area contributed by atoms with Crippen molar-refractivity contribution >= 4 is 17.3 Å². The van der Waals surface area contributed by atoms with Crippen LogP contribution in [-0.2, 0) is 9.53 Å². The highest BCUT2D eigenvalue weighted by Gasteiger charge is 2.26. The van der Waals surface area contributed by atoms with Crippen molar-refractivity contribution in [2.75, 3.05) is 51.5 Å². The van der Waals surface area contributed by atoms with Crippen LogP contribution >= 0.6 is 0 Å². The van der Waals surface area contributed by atoms with Crippen molar-refractivity contribution < 1.29 is 23.7 Å². The minimum atomic E-state index is 0.261. The monoisotopic (exact) mass is 493 g/mol. The molecule has 0 radical (unpaired) electrons. The Labute approximate surface area is 212 Å². The highest BCUT2D eigenvalue weighted by molar-refractivity contribution is 5.76. The highest BCUT2D eigenvalue weighted by atomic mass is 16.5. The third-order valence-corrected chi connectivity index (χ3v) is 7.24. The van der Waals surface area contributed by atoms with Gasteiger partial charge in [0.25, 0.3) is 0 Å². The number of methoxy groups -OCH3 is 1. The molecule has 0 aliphatic carbocycles. The topological polar surface area (TPSA) is 73.4 Å². The van der Waals surface area contributed by atoms with Crippen LogP contribution in [-0.4, -0.2) is 62.4 Å². The van der Waals surface area contributed by atoms with Crippen LogP contribution in [0.1, 0.15) is 31.2 Å². The van der Waals surface area contributed by atoms with Gasteiger partial charge in [-0.05, 0) is 62.3 Å². The number of carbonyl (C=O) groups is 1. The molecule has 5 rings (SSSR count). The normalized spacial score (nSPS) is 21.5. The molecule has 192 valence electrons. The molecule has 0 saturated carbocycles. The standard InChI is InChI=1S/C28H35N3O5/c1-20-15-23(17-29-28(20)33-2)31-11-14-36-26-5-4-24(16-25(26)31)35-13-9-21-7-10-30(18-21)27(32)6-3-22-8-12-34-19-22/h4-5,9,13,15-17,21-22H,3,6-8,10-12,14,18-19H2,1-2H3. The average Bonchev–Trinajstić information content (AvgIpc) is 3.59. The van der Waals surface area contributed by atoms with Crippen molar-refractivity contribution in [1.29, 1.82) is 0 Å². The molecule has 1 amide bonds. The summed E-state index contributed by atoms with van der Waals surface area (Å²) >= 11 is 0. The first-order valence-corrected chi connectivity index (χ1v) is 12.8. The average molecular weight is 494 g/mol. The van der Waals surface area contributed by atoms with Crippen LogP contribution in [0.25, 0.3) is 0 Å². The Morgan fingerprint density at radius 3 is 2.94 bits per heavy atom. The first kappa shape index (κ1) is 24.4. The molecule has 0 spiro atoms. The van der Waals surface area contributed by atoms with E-state index in [-0.39, 0.29) is 5.91 Å². The van der Waals surface area contributed by atoms with E-state index < -0.39 is 0 Å². The third-order valence-electron chi connectivity index (χ3n) is 7.24. The predicted molar refractivity (Wildman–Crippen MR) is 137 cm³/mol. The lowest BCUT2D eigenvalue weighted by atomic mass is 10.0. The summed E-state index contributed by atoms with van der Waals surface area (Å²) in [6, 6.07) is 7.93. The van der Waals surface area contributed by atoms with Gasteiger partial charge in [-0.15, -0.1) is 0 Å². The fraction of sp³-hybridized carbons (Fsp3) is 0.500. The van der Waals surface area contributed by atoms with Gasteiger partial charge in [0.15, 0.2) is 0 Å². The molecular formula is C28H35N3O5. The fourth-order valence-electron chi connectivity index (χ4n) is 5.14. The van der Waals surface area contributed by atoms with Crippen molar-refractivity contribution in [3.63, 3.8) is 0 Å². The lowest BCUT2D eigenvalue weighted by molar-refractivity contribution is -0.130. The van der Waals surface area contributed by atoms with Crippen molar-refractivity contribution in [1.82, 2.24) is 9.88 Å². The number of amides is 1. The largest absolute Gasteiger partial charge is 0.490 e. The minimum Gasteiger partial charge on any atom is -0.490 e. The van der Waals surface area contributed by atoms with Gasteiger partial charge in [-0.2, -0.15) is 0 Å². The summed E-state index contributed by atoms with van der Waals surface area (Å²) in [5, 5.41) is 0. The van der Waals surface area contributed by atoms with Crippen molar-refractivity contribution in [2.45, 2.75) is 32.6 Å². The molecule has 36 heavy (non-hydrogen) atoms. The zero-order valence-corrected chi connectivity index (χ0v) is 21.2. The Kier molecular flexibility index (Phi) is 7.60. The molecule has 1 aromatic heterocycles. The Morgan fingerprint density at radius 2 is 2.14 bits per heavy atom. The quantitative estimate of drug-likeness (QED) is 0.502. The van der Waals surface area contributed by atoms with Gasteiger partial charge < -0.3 is 28.7 Å². The Hall–Kier alpha value is -3.26. The molecule has 0 N–H and O–H groups in total. The number of aryl methyl sites for hydroxylation is 1. The number of aromatic nitrogens is 1. The maximum atomic E-state index is 12.6. The molecule has 3 aliphatic rings. The first-order chi connectivity index (χ1) is 17.6. The number of likely N-dealkylation sites (tertiary alicyclic amines) is 1. The predicted octanol–water partition coefficient (Wildman–Crippen LogP) is 4.49. The molecular weight excluding hydrogens is 458 g/mol. The number of rotatable bonds is 8. The molecule has 8 nitrogen and oxygen atoms in total. The number of nitrogens with zero attached hydrogens (tertiary/aromatic N) is 3. The van der Waals surface area contributed by atoms with E-state index in [0.717, 1.165) is 80.5 Å². The van der Waals surface area contributed by atoms with Crippen LogP contribution < -0.4 is 19.1 Å². The van der Waals surface area contributed by atoms with Gasteiger partial charge in [0.05, 0.1) is 37.5 Å². The van der Waals surface area contributed by atoms with Crippen LogP contribution in [0.2, 0.25) is 0 Å². The summed E-state index contributed by atoms with van der Waals surface area (Å²) < 4.78 is 22.6. The van der Waals surface area contributed by atoms with Crippen molar-refractivity contribution in [3.8, 4) is 17.4 Å². The first-order valence-electron chi connectivity index (χ1n) is 12.8. The second-order valence-electron chi connectivity index (χ2n) is 9.75. The second kappa shape index (κ2) is 11.2. The zero-order chi connectivity index (χ0) is 24.9. The summed E-state index contributed by atoms with van der Waals surface area (Å²) in [5.74, 6) is 3.31.